The molecule has 2 aromatic heterocycles. The second-order valence-corrected chi connectivity index (χ2v) is 21.3. The standard InChI is InChI=1S/C52H48N10O14S2/c1-23(2)33-39-37(31(21-63)43(65)47(33)69)45(67)35(25(5)41(39)59-57-27-9-13-29(14-10-27)77(71,72)61-49-51(75-7)55-19-17-53-49)36-26(6)42(40-34(24(3)4)48(70)44(66)32(22-64)38(40)46(36)68)60-58-28-11-15-30(16-12-28)78(73,74)62-50-52(76-8)56-20-18-54-50/h9-24,57-58,65-66,69-70H,1-8H3,(H,53,61)(H,54,62)/b59-41+,60-42+. The number of ketones is 2. The second kappa shape index (κ2) is 21.2. The van der Waals surface area contributed by atoms with Gasteiger partial charge in [0.15, 0.2) is 47.1 Å². The van der Waals surface area contributed by atoms with Crippen molar-refractivity contribution in [2.24, 2.45) is 10.2 Å². The van der Waals surface area contributed by atoms with Gasteiger partial charge in [0.05, 0.1) is 57.9 Å². The van der Waals surface area contributed by atoms with E-state index in [0.29, 0.717) is 0 Å². The Balaban J connectivity index is 1.30. The lowest BCUT2D eigenvalue weighted by Gasteiger charge is -2.32. The first-order valence-corrected chi connectivity index (χ1v) is 26.3. The minimum atomic E-state index is -4.26. The number of methoxy groups -OCH3 is 2. The molecule has 4 aromatic carbocycles. The Bertz CT molecular complexity index is 3640. The number of carbonyl (C=O) groups excluding carboxylic acids is 4. The van der Waals surface area contributed by atoms with Crippen molar-refractivity contribution in [3.63, 3.8) is 0 Å². The van der Waals surface area contributed by atoms with Crippen LogP contribution in [-0.4, -0.2) is 107 Å². The molecule has 0 saturated carbocycles. The molecule has 2 heterocycles. The van der Waals surface area contributed by atoms with Gasteiger partial charge in [-0.1, -0.05) is 27.7 Å². The number of anilines is 4. The molecule has 8 N–H and O–H groups in total. The SMILES string of the molecule is COc1nccnc1NS(=O)(=O)c1ccc(N/N=C2\C(C)=C(C3=C(C)/C(=N\Nc4ccc(S(=O)(=O)Nc5nccnc5OC)cc4)c4c(c(C=O)c(O)c(O)c4C(C)C)C3=O)C(=O)c3c(C=O)c(O)c(O)c(C(C)C)c32)cc1. The third-order valence-corrected chi connectivity index (χ3v) is 15.3. The van der Waals surface area contributed by atoms with Crippen LogP contribution in [0.3, 0.4) is 0 Å². The highest BCUT2D eigenvalue weighted by Crippen LogP contribution is 2.50. The number of nitrogens with zero attached hydrogens (tertiary/aromatic N) is 6. The van der Waals surface area contributed by atoms with E-state index in [1.165, 1.54) is 101 Å². The molecule has 2 aliphatic rings. The number of sulfonamides is 2. The van der Waals surface area contributed by atoms with Crippen LogP contribution in [0.4, 0.5) is 23.0 Å². The average Bonchev–Trinajstić information content (AvgIpc) is 3.49. The lowest BCUT2D eigenvalue weighted by Crippen LogP contribution is -2.33. The molecule has 26 heteroatoms. The summed E-state index contributed by atoms with van der Waals surface area (Å²) < 4.78 is 68.5. The molecule has 0 saturated heterocycles. The molecule has 0 unspecified atom stereocenters. The van der Waals surface area contributed by atoms with Crippen LogP contribution in [0.25, 0.3) is 0 Å². The predicted molar refractivity (Wildman–Crippen MR) is 285 cm³/mol. The third-order valence-electron chi connectivity index (χ3n) is 12.6. The Kier molecular flexibility index (Phi) is 14.9. The summed E-state index contributed by atoms with van der Waals surface area (Å²) in [6.45, 7) is 9.41. The number of Topliss-reactive ketones (excluding diaryl/α,β-unsaturated/α-hetero) is 2. The van der Waals surface area contributed by atoms with Crippen molar-refractivity contribution >= 4 is 78.6 Å². The summed E-state index contributed by atoms with van der Waals surface area (Å²) in [4.78, 5) is 72.3. The Morgan fingerprint density at radius 2 is 0.859 bits per heavy atom. The fourth-order valence-corrected chi connectivity index (χ4v) is 11.1. The summed E-state index contributed by atoms with van der Waals surface area (Å²) in [7, 11) is -5.93. The summed E-state index contributed by atoms with van der Waals surface area (Å²) in [6, 6.07) is 10.4. The van der Waals surface area contributed by atoms with Crippen molar-refractivity contribution in [3.8, 4) is 34.8 Å². The largest absolute Gasteiger partial charge is 0.504 e. The number of allylic oxidation sites excluding steroid dienone is 4. The monoisotopic (exact) mass is 1100 g/mol. The highest BCUT2D eigenvalue weighted by atomic mass is 32.2. The lowest BCUT2D eigenvalue weighted by atomic mass is 9.70. The number of ether oxygens (including phenoxy) is 2. The van der Waals surface area contributed by atoms with Crippen molar-refractivity contribution in [1.29, 1.82) is 0 Å². The molecule has 0 radical (unpaired) electrons. The first-order valence-electron chi connectivity index (χ1n) is 23.3. The Morgan fingerprint density at radius 1 is 0.526 bits per heavy atom. The van der Waals surface area contributed by atoms with Gasteiger partial charge in [0.25, 0.3) is 31.8 Å². The maximum Gasteiger partial charge on any atom is 0.263 e. The van der Waals surface area contributed by atoms with Crippen molar-refractivity contribution < 1.29 is 65.9 Å². The number of aromatic hydroxyl groups is 4. The number of aromatic nitrogens is 4. The highest BCUT2D eigenvalue weighted by molar-refractivity contribution is 7.93. The van der Waals surface area contributed by atoms with Crippen LogP contribution in [0.15, 0.2) is 116 Å². The Hall–Kier alpha value is -9.56. The van der Waals surface area contributed by atoms with Gasteiger partial charge in [-0.15, -0.1) is 0 Å². The number of rotatable bonds is 17. The van der Waals surface area contributed by atoms with E-state index in [2.05, 4.69) is 50.4 Å². The van der Waals surface area contributed by atoms with Crippen LogP contribution in [0.2, 0.25) is 0 Å². The molecule has 6 aromatic rings. The molecular formula is C52H48N10O14S2. The van der Waals surface area contributed by atoms with Crippen LogP contribution < -0.4 is 29.8 Å². The number of hydrogen-bond donors (Lipinski definition) is 8. The van der Waals surface area contributed by atoms with Crippen LogP contribution in [0.1, 0.15) is 117 Å². The van der Waals surface area contributed by atoms with Crippen molar-refractivity contribution in [2.45, 2.75) is 63.2 Å². The average molecular weight is 1100 g/mol. The summed E-state index contributed by atoms with van der Waals surface area (Å²) in [5, 5.41) is 55.0. The van der Waals surface area contributed by atoms with Crippen LogP contribution in [0.5, 0.6) is 34.8 Å². The first-order chi connectivity index (χ1) is 37.0. The van der Waals surface area contributed by atoms with E-state index in [1.807, 2.05) is 0 Å². The van der Waals surface area contributed by atoms with Gasteiger partial charge in [0.2, 0.25) is 11.6 Å². The maximum absolute atomic E-state index is 15.4. The van der Waals surface area contributed by atoms with Gasteiger partial charge >= 0.3 is 0 Å². The molecule has 0 bridgehead atoms. The van der Waals surface area contributed by atoms with E-state index >= 15 is 9.59 Å². The van der Waals surface area contributed by atoms with Gasteiger partial charge in [-0.25, -0.2) is 36.8 Å². The van der Waals surface area contributed by atoms with Gasteiger partial charge in [0.1, 0.15) is 0 Å². The summed E-state index contributed by atoms with van der Waals surface area (Å²) in [6.07, 6.45) is 5.47. The number of benzene rings is 4. The lowest BCUT2D eigenvalue weighted by molar-refractivity contribution is 0.0989. The van der Waals surface area contributed by atoms with E-state index in [1.54, 1.807) is 27.7 Å². The second-order valence-electron chi connectivity index (χ2n) is 18.0. The molecule has 24 nitrogen and oxygen atoms in total. The van der Waals surface area contributed by atoms with Gasteiger partial charge in [-0.05, 0) is 85.4 Å². The van der Waals surface area contributed by atoms with Crippen molar-refractivity contribution in [3.05, 3.63) is 140 Å². The van der Waals surface area contributed by atoms with E-state index < -0.39 is 99.8 Å². The number of nitrogens with one attached hydrogen (secondary N) is 4. The molecule has 402 valence electrons. The van der Waals surface area contributed by atoms with Gasteiger partial charge in [-0.2, -0.15) is 10.2 Å². The Morgan fingerprint density at radius 3 is 1.17 bits per heavy atom. The fraction of sp³-hybridized carbons (Fsp3) is 0.192. The molecule has 0 amide bonds. The maximum atomic E-state index is 15.4. The third kappa shape index (κ3) is 9.57. The zero-order valence-corrected chi connectivity index (χ0v) is 44.2. The van der Waals surface area contributed by atoms with E-state index in [-0.39, 0.29) is 102 Å². The number of hydrazone groups is 2. The van der Waals surface area contributed by atoms with Crippen molar-refractivity contribution in [1.82, 2.24) is 19.9 Å². The summed E-state index contributed by atoms with van der Waals surface area (Å²) in [5.74, 6) is -7.20. The summed E-state index contributed by atoms with van der Waals surface area (Å²) in [5.41, 5.74) is 2.30. The van der Waals surface area contributed by atoms with E-state index in [4.69, 9.17) is 9.47 Å². The zero-order valence-electron chi connectivity index (χ0n) is 42.6. The van der Waals surface area contributed by atoms with E-state index in [0.717, 1.165) is 0 Å². The van der Waals surface area contributed by atoms with E-state index in [9.17, 15) is 46.9 Å². The molecule has 2 aliphatic carbocycles. The smallest absolute Gasteiger partial charge is 0.263 e. The molecule has 0 atom stereocenters. The molecule has 78 heavy (non-hydrogen) atoms. The van der Waals surface area contributed by atoms with Crippen molar-refractivity contribution in [2.75, 3.05) is 34.5 Å². The fourth-order valence-electron chi connectivity index (χ4n) is 9.04. The molecule has 0 fully saturated rings. The number of hydrogen-bond acceptors (Lipinski definition) is 22. The van der Waals surface area contributed by atoms with Gasteiger partial charge < -0.3 is 29.9 Å². The van der Waals surface area contributed by atoms with Crippen LogP contribution in [0, 0.1) is 0 Å². The van der Waals surface area contributed by atoms with Gasteiger partial charge in [-0.3, -0.25) is 39.5 Å². The molecule has 0 spiro atoms. The quantitative estimate of drug-likeness (QED) is 0.0260. The normalized spacial score (nSPS) is 14.6. The topological polar surface area (TPSA) is 360 Å². The summed E-state index contributed by atoms with van der Waals surface area (Å²) >= 11 is 0. The Labute approximate surface area is 445 Å². The predicted octanol–water partition coefficient (Wildman–Crippen LogP) is 6.94. The zero-order chi connectivity index (χ0) is 56.7. The first kappa shape index (κ1) is 54.7. The number of phenolic OH excluding ortho intramolecular Hbond substituents is 4. The van der Waals surface area contributed by atoms with Crippen LogP contribution in [-0.2, 0) is 20.0 Å². The minimum absolute atomic E-state index is 0.0156. The number of carbonyl (C=O) groups is 4. The molecule has 0 aliphatic heterocycles. The number of fused-ring (bicyclic) bond motifs is 2. The van der Waals surface area contributed by atoms with Gasteiger partial charge in [0, 0.05) is 69.3 Å². The highest BCUT2D eigenvalue weighted by Gasteiger charge is 2.45. The number of aldehydes is 2. The molecular weight excluding hydrogens is 1050 g/mol. The number of phenols is 4. The van der Waals surface area contributed by atoms with Crippen LogP contribution >= 0.6 is 0 Å². The molecule has 8 rings (SSSR count). The minimum Gasteiger partial charge on any atom is -0.504 e.